The summed E-state index contributed by atoms with van der Waals surface area (Å²) in [5.74, 6) is -9.91. The average molecular weight is 1290 g/mol. The average Bonchev–Trinajstić information content (AvgIpc) is 1.95. The van der Waals surface area contributed by atoms with E-state index < -0.39 is 198 Å². The third-order valence-corrected chi connectivity index (χ3v) is 14.8. The van der Waals surface area contributed by atoms with Crippen LogP contribution in [0.2, 0.25) is 0 Å². The number of rotatable bonds is 34. The smallest absolute Gasteiger partial charge is 0.862 e. The topological polar surface area (TPSA) is 574 Å². The molecule has 2 fully saturated rings. The Morgan fingerprint density at radius 1 is 0.744 bits per heavy atom. The van der Waals surface area contributed by atoms with Crippen LogP contribution in [0.15, 0.2) is 31.8 Å². The normalized spacial score (nSPS) is 24.9. The van der Waals surface area contributed by atoms with Crippen molar-refractivity contribution < 1.29 is 185 Å². The minimum atomic E-state index is -5.99. The number of ketones is 1. The van der Waals surface area contributed by atoms with Gasteiger partial charge in [0.1, 0.15) is 84.8 Å². The summed E-state index contributed by atoms with van der Waals surface area (Å²) in [6.45, 7) is 4.36. The number of nitrogens with one attached hydrogen (secondary N) is 6. The number of phosphoric ester groups is 2. The van der Waals surface area contributed by atoms with Crippen LogP contribution in [0, 0.1) is 0 Å². The van der Waals surface area contributed by atoms with E-state index in [0.717, 1.165) is 33.0 Å². The van der Waals surface area contributed by atoms with E-state index >= 15 is 0 Å². The number of hydrogen-bond acceptors (Lipinski definition) is 26. The molecule has 0 aliphatic carbocycles. The largest absolute Gasteiger partial charge is 1.00 e. The Hall–Kier alpha value is -4.44. The number of carboxylic acid groups (broad SMARTS) is 2. The number of carboxylic acids is 2. The van der Waals surface area contributed by atoms with E-state index in [-0.39, 0.29) is 104 Å². The molecule has 5 amide bonds. The second-order valence-electron chi connectivity index (χ2n) is 19.1. The standard InChI is InChI=1S/C45H71N9O28P2.2Na/c1-19(56)10-12-29(58)46-15-8-7-9-25(40(67)48-20(2)37(64)49-22(4)42(68)69)51-30(59)13-11-26(43(70)71)52-38(65)21(3)47-39(66)23(5)78-36-32(50-24(6)57)44(80-27(17-55)34(36)62)81-84(75,76)82-83(73,74)77-18-28-33(61)35(63)41(79-28)54-16-14-31(60)53-45(54)72;;/h14,16,20-23,25-28,32-36,41,44,55,61-63H,7-13,15,17-18H2,1-6H3,(H,46,58)(H,47,66)(H,48,67)(H,49,64)(H,50,57)(H,51,59)(H,52,65)(H,68,69)(H,70,71)(H,73,74)(H,75,76)(H,53,60,72);;/q;2*+1/p-2/t20-,21+,22-,23+,25+,26-,27-,28-,32-,33-,34-,35-,36-,41-,44-;;/m1../s1. The number of unbranched alkanes of at least 4 members (excludes halogenated alkanes) is 1. The first kappa shape index (κ1) is 79.6. The fourth-order valence-corrected chi connectivity index (χ4v) is 9.86. The molecule has 3 rings (SSSR count). The van der Waals surface area contributed by atoms with Gasteiger partial charge in [0.2, 0.25) is 29.5 Å². The number of aliphatic hydroxyl groups excluding tert-OH is 4. The molecule has 0 spiro atoms. The van der Waals surface area contributed by atoms with Crippen LogP contribution in [-0.2, 0) is 75.1 Å². The molecular formula is C45H69N9Na2O28P2. The molecule has 2 unspecified atom stereocenters. The summed E-state index contributed by atoms with van der Waals surface area (Å²) in [7, 11) is -11.8. The van der Waals surface area contributed by atoms with Crippen LogP contribution < -0.4 is 107 Å². The zero-order valence-electron chi connectivity index (χ0n) is 47.9. The quantitative estimate of drug-likeness (QED) is 0.0100. The van der Waals surface area contributed by atoms with Crippen LogP contribution in [-0.4, -0.2) is 214 Å². The van der Waals surface area contributed by atoms with Crippen molar-refractivity contribution in [2.45, 2.75) is 178 Å². The Labute approximate surface area is 533 Å². The Bertz CT molecular complexity index is 2790. The molecular weight excluding hydrogens is 1220 g/mol. The fourth-order valence-electron chi connectivity index (χ4n) is 7.71. The van der Waals surface area contributed by atoms with Gasteiger partial charge in [-0.25, -0.2) is 18.7 Å². The predicted octanol–water partition coefficient (Wildman–Crippen LogP) is -12.9. The number of aliphatic hydroxyl groups is 4. The van der Waals surface area contributed by atoms with E-state index in [4.69, 9.17) is 23.8 Å². The monoisotopic (exact) mass is 1290 g/mol. The van der Waals surface area contributed by atoms with Gasteiger partial charge >= 0.3 is 92.4 Å². The van der Waals surface area contributed by atoms with Gasteiger partial charge in [-0.1, -0.05) is 0 Å². The summed E-state index contributed by atoms with van der Waals surface area (Å²) in [4.78, 5) is 154. The molecule has 0 bridgehead atoms. The molecule has 2 saturated heterocycles. The molecule has 41 heteroatoms. The van der Waals surface area contributed by atoms with Gasteiger partial charge in [0.05, 0.1) is 13.2 Å². The Kier molecular flexibility index (Phi) is 34.1. The van der Waals surface area contributed by atoms with Crippen molar-refractivity contribution in [1.82, 2.24) is 36.1 Å². The number of nitrogens with zero attached hydrogens (tertiary/aromatic N) is 3. The maximum Gasteiger partial charge on any atom is 1.00 e. The van der Waals surface area contributed by atoms with Crippen LogP contribution in [0.1, 0.15) is 92.7 Å². The predicted molar refractivity (Wildman–Crippen MR) is 275 cm³/mol. The van der Waals surface area contributed by atoms with Crippen LogP contribution in [0.5, 0.6) is 0 Å². The number of carbonyl (C=O) groups is 8. The fraction of sp³-hybridized carbons (Fsp3) is 0.689. The number of H-pyrrole nitrogens is 1. The minimum Gasteiger partial charge on any atom is -0.862 e. The number of aliphatic imine (C=N–C) groups is 2. The van der Waals surface area contributed by atoms with Gasteiger partial charge in [-0.05, 0) is 85.4 Å². The first-order valence-electron chi connectivity index (χ1n) is 25.6. The number of amides is 5. The molecule has 2 aliphatic heterocycles. The van der Waals surface area contributed by atoms with Crippen molar-refractivity contribution in [1.29, 1.82) is 0 Å². The minimum absolute atomic E-state index is 0. The van der Waals surface area contributed by atoms with Crippen LogP contribution in [0.25, 0.3) is 0 Å². The van der Waals surface area contributed by atoms with E-state index in [1.54, 1.807) is 0 Å². The molecule has 86 heavy (non-hydrogen) atoms. The van der Waals surface area contributed by atoms with Crippen LogP contribution >= 0.6 is 15.6 Å². The Morgan fingerprint density at radius 2 is 1.35 bits per heavy atom. The van der Waals surface area contributed by atoms with Gasteiger partial charge in [-0.2, -0.15) is 4.31 Å². The maximum absolute atomic E-state index is 13.4. The second kappa shape index (κ2) is 36.9. The third-order valence-electron chi connectivity index (χ3n) is 12.2. The van der Waals surface area contributed by atoms with Crippen molar-refractivity contribution in [3.63, 3.8) is 0 Å². The molecule has 3 heterocycles. The summed E-state index contributed by atoms with van der Waals surface area (Å²) in [5.41, 5.74) is -1.90. The first-order chi connectivity index (χ1) is 39.1. The third kappa shape index (κ3) is 25.9. The van der Waals surface area contributed by atoms with Gasteiger partial charge < -0.3 is 101 Å². The van der Waals surface area contributed by atoms with Gasteiger partial charge in [0.25, 0.3) is 5.56 Å². The van der Waals surface area contributed by atoms with Crippen LogP contribution in [0.4, 0.5) is 0 Å². The number of Topliss-reactive ketones (excluding diaryl/α,β-unsaturated/α-hetero) is 1. The summed E-state index contributed by atoms with van der Waals surface area (Å²) in [6, 6.07) is -8.65. The second-order valence-corrected chi connectivity index (χ2v) is 22.1. The van der Waals surface area contributed by atoms with Crippen molar-refractivity contribution in [3.05, 3.63) is 33.1 Å². The molecule has 1 aromatic heterocycles. The van der Waals surface area contributed by atoms with E-state index in [0.29, 0.717) is 4.57 Å². The number of hydrogen-bond donors (Lipinski definition) is 14. The van der Waals surface area contributed by atoms with Crippen molar-refractivity contribution in [3.8, 4) is 0 Å². The summed E-state index contributed by atoms with van der Waals surface area (Å²) < 4.78 is 57.0. The first-order valence-corrected chi connectivity index (χ1v) is 28.6. The van der Waals surface area contributed by atoms with Gasteiger partial charge in [0, 0.05) is 31.6 Å². The van der Waals surface area contributed by atoms with Gasteiger partial charge in [-0.15, -0.1) is 0 Å². The van der Waals surface area contributed by atoms with E-state index in [2.05, 4.69) is 45.4 Å². The Balaban J connectivity index is 0.0000185. The molecule has 0 radical (unpaired) electrons. The van der Waals surface area contributed by atoms with Crippen LogP contribution in [0.3, 0.4) is 0 Å². The van der Waals surface area contributed by atoms with Gasteiger partial charge in [-0.3, -0.25) is 57.2 Å². The molecule has 37 nitrogen and oxygen atoms in total. The summed E-state index contributed by atoms with van der Waals surface area (Å²) >= 11 is 0. The molecule has 474 valence electrons. The number of aromatic amines is 1. The molecule has 0 saturated carbocycles. The number of aliphatic carboxylic acids is 2. The van der Waals surface area contributed by atoms with E-state index in [1.807, 2.05) is 4.98 Å². The zero-order chi connectivity index (χ0) is 63.6. The molecule has 14 N–H and O–H groups in total. The van der Waals surface area contributed by atoms with Crippen molar-refractivity contribution >= 4 is 74.7 Å². The van der Waals surface area contributed by atoms with Gasteiger partial charge in [0.15, 0.2) is 12.5 Å². The molecule has 2 aliphatic rings. The number of ether oxygens (including phenoxy) is 3. The number of carbonyl (C=O) groups excluding carboxylic acids is 6. The van der Waals surface area contributed by atoms with Crippen molar-refractivity contribution in [2.24, 2.45) is 9.98 Å². The summed E-state index contributed by atoms with van der Waals surface area (Å²) in [6.07, 6.45) is -17.6. The zero-order valence-corrected chi connectivity index (χ0v) is 53.7. The number of aromatic nitrogens is 2. The molecule has 17 atom stereocenters. The Morgan fingerprint density at radius 3 is 1.92 bits per heavy atom. The SMILES string of the molecule is CC(=O)CCC([O-])=NCCCC[C@H](NC(=O)CC[C@@H](NC(=O)[C@H](C)NC(=O)[C@H](C)O[C@H]1[C@H](O)[C@@H](CO)O[C@H](OP(=O)(O)OP(=O)(O)OC[C@H]2O[C@@H](n3ccc(=O)[nH]c3=O)[C@H](O)[C@@H]2O)[C@@H]1N=C(C)[O-])C(=O)O)C(=O)N[C@H](C)C(=O)N[C@H](C)C(=O)O.[Na+].[Na+]. The summed E-state index contributed by atoms with van der Waals surface area (Å²) in [5, 5.41) is 96.7. The number of phosphoric acid groups is 2. The van der Waals surface area contributed by atoms with E-state index in [9.17, 15) is 103 Å². The maximum atomic E-state index is 13.4. The van der Waals surface area contributed by atoms with Crippen molar-refractivity contribution in [2.75, 3.05) is 19.8 Å². The molecule has 1 aromatic rings. The van der Waals surface area contributed by atoms with E-state index in [1.165, 1.54) is 20.8 Å². The molecule has 0 aromatic carbocycles.